The summed E-state index contributed by atoms with van der Waals surface area (Å²) in [6.45, 7) is 0. The third kappa shape index (κ3) is 2.93. The summed E-state index contributed by atoms with van der Waals surface area (Å²) in [5.41, 5.74) is 7.50. The van der Waals surface area contributed by atoms with Crippen LogP contribution in [0.25, 0.3) is 0 Å². The zero-order chi connectivity index (χ0) is 14.7. The van der Waals surface area contributed by atoms with Crippen molar-refractivity contribution in [3.8, 4) is 0 Å². The first-order valence-corrected chi connectivity index (χ1v) is 6.69. The van der Waals surface area contributed by atoms with Gasteiger partial charge in [0.25, 0.3) is 0 Å². The number of anilines is 4. The molecular formula is C15H12ClN5. The third-order valence-corrected chi connectivity index (χ3v) is 3.01. The van der Waals surface area contributed by atoms with E-state index in [-0.39, 0.29) is 11.2 Å². The summed E-state index contributed by atoms with van der Waals surface area (Å²) >= 11 is 5.90. The summed E-state index contributed by atoms with van der Waals surface area (Å²) in [7, 11) is 0. The highest BCUT2D eigenvalue weighted by molar-refractivity contribution is 6.28. The van der Waals surface area contributed by atoms with Gasteiger partial charge in [0, 0.05) is 11.4 Å². The molecule has 3 aromatic rings. The summed E-state index contributed by atoms with van der Waals surface area (Å²) in [6, 6.07) is 19.5. The standard InChI is InChI=1S/C15H12ClN5/c16-13-18-14(17)20-15(19-13)21(11-7-3-1-4-8-11)12-9-5-2-6-10-12/h1-10H,(H2,17,18,19,20). The Morgan fingerprint density at radius 2 is 1.29 bits per heavy atom. The number of aromatic nitrogens is 3. The van der Waals surface area contributed by atoms with Crippen molar-refractivity contribution in [2.24, 2.45) is 0 Å². The fraction of sp³-hybridized carbons (Fsp3) is 0. The van der Waals surface area contributed by atoms with Gasteiger partial charge in [-0.2, -0.15) is 15.0 Å². The highest BCUT2D eigenvalue weighted by atomic mass is 35.5. The molecular weight excluding hydrogens is 286 g/mol. The fourth-order valence-corrected chi connectivity index (χ4v) is 2.15. The van der Waals surface area contributed by atoms with Gasteiger partial charge in [-0.05, 0) is 35.9 Å². The van der Waals surface area contributed by atoms with E-state index in [1.807, 2.05) is 65.6 Å². The van der Waals surface area contributed by atoms with Crippen LogP contribution in [-0.2, 0) is 0 Å². The predicted octanol–water partition coefficient (Wildman–Crippen LogP) is 3.58. The monoisotopic (exact) mass is 297 g/mol. The van der Waals surface area contributed by atoms with E-state index in [1.54, 1.807) is 0 Å². The Hall–Kier alpha value is -2.66. The summed E-state index contributed by atoms with van der Waals surface area (Å²) < 4.78 is 0. The second kappa shape index (κ2) is 5.76. The van der Waals surface area contributed by atoms with Crippen molar-refractivity contribution in [2.45, 2.75) is 0 Å². The molecule has 2 aromatic carbocycles. The molecule has 0 unspecified atom stereocenters. The lowest BCUT2D eigenvalue weighted by molar-refractivity contribution is 1.02. The quantitative estimate of drug-likeness (QED) is 0.800. The number of nitrogens with zero attached hydrogens (tertiary/aromatic N) is 4. The van der Waals surface area contributed by atoms with Crippen molar-refractivity contribution < 1.29 is 0 Å². The SMILES string of the molecule is Nc1nc(Cl)nc(N(c2ccccc2)c2ccccc2)n1. The topological polar surface area (TPSA) is 67.9 Å². The second-order valence-corrected chi connectivity index (χ2v) is 4.61. The van der Waals surface area contributed by atoms with Crippen molar-refractivity contribution in [3.63, 3.8) is 0 Å². The molecule has 104 valence electrons. The van der Waals surface area contributed by atoms with Crippen LogP contribution < -0.4 is 10.6 Å². The summed E-state index contributed by atoms with van der Waals surface area (Å²) in [5, 5.41) is 0.0642. The first-order chi connectivity index (χ1) is 10.2. The van der Waals surface area contributed by atoms with Gasteiger partial charge in [-0.3, -0.25) is 4.90 Å². The second-order valence-electron chi connectivity index (χ2n) is 4.27. The highest BCUT2D eigenvalue weighted by Crippen LogP contribution is 2.31. The average Bonchev–Trinajstić information content (AvgIpc) is 2.49. The summed E-state index contributed by atoms with van der Waals surface area (Å²) in [6.07, 6.45) is 0. The summed E-state index contributed by atoms with van der Waals surface area (Å²) in [5.74, 6) is 0.465. The molecule has 3 rings (SSSR count). The molecule has 0 saturated carbocycles. The number of benzene rings is 2. The van der Waals surface area contributed by atoms with Gasteiger partial charge in [-0.15, -0.1) is 0 Å². The van der Waals surface area contributed by atoms with Gasteiger partial charge in [-0.1, -0.05) is 36.4 Å². The third-order valence-electron chi connectivity index (χ3n) is 2.84. The van der Waals surface area contributed by atoms with Crippen LogP contribution in [0.2, 0.25) is 5.28 Å². The molecule has 1 heterocycles. The average molecular weight is 298 g/mol. The van der Waals surface area contributed by atoms with Gasteiger partial charge in [0.05, 0.1) is 0 Å². The molecule has 0 bridgehead atoms. The molecule has 21 heavy (non-hydrogen) atoms. The normalized spacial score (nSPS) is 10.3. The summed E-state index contributed by atoms with van der Waals surface area (Å²) in [4.78, 5) is 14.0. The van der Waals surface area contributed by atoms with Gasteiger partial charge in [-0.25, -0.2) is 0 Å². The minimum atomic E-state index is 0.0642. The van der Waals surface area contributed by atoms with Crippen LogP contribution in [0.15, 0.2) is 60.7 Å². The number of nitrogen functional groups attached to an aromatic ring is 1. The number of hydrogen-bond donors (Lipinski definition) is 1. The molecule has 0 radical (unpaired) electrons. The first-order valence-electron chi connectivity index (χ1n) is 6.31. The van der Waals surface area contributed by atoms with Crippen LogP contribution >= 0.6 is 11.6 Å². The van der Waals surface area contributed by atoms with Gasteiger partial charge in [0.15, 0.2) is 0 Å². The van der Waals surface area contributed by atoms with Gasteiger partial charge < -0.3 is 5.73 Å². The molecule has 0 aliphatic carbocycles. The van der Waals surface area contributed by atoms with E-state index >= 15 is 0 Å². The fourth-order valence-electron chi connectivity index (χ4n) is 1.99. The van der Waals surface area contributed by atoms with E-state index in [1.165, 1.54) is 0 Å². The van der Waals surface area contributed by atoms with Crippen LogP contribution in [0.5, 0.6) is 0 Å². The van der Waals surface area contributed by atoms with Crippen LogP contribution in [-0.4, -0.2) is 15.0 Å². The Morgan fingerprint density at radius 1 is 0.762 bits per heavy atom. The minimum Gasteiger partial charge on any atom is -0.368 e. The number of halogens is 1. The molecule has 0 atom stereocenters. The van der Waals surface area contributed by atoms with E-state index in [4.69, 9.17) is 17.3 Å². The molecule has 0 fully saturated rings. The van der Waals surface area contributed by atoms with E-state index in [0.29, 0.717) is 5.95 Å². The first kappa shape index (κ1) is 13.3. The molecule has 5 nitrogen and oxygen atoms in total. The maximum Gasteiger partial charge on any atom is 0.240 e. The van der Waals surface area contributed by atoms with E-state index < -0.39 is 0 Å². The number of rotatable bonds is 3. The van der Waals surface area contributed by atoms with Gasteiger partial charge >= 0.3 is 0 Å². The van der Waals surface area contributed by atoms with Crippen LogP contribution in [0.3, 0.4) is 0 Å². The Kier molecular flexibility index (Phi) is 3.66. The molecule has 0 saturated heterocycles. The van der Waals surface area contributed by atoms with Crippen LogP contribution in [0.4, 0.5) is 23.3 Å². The highest BCUT2D eigenvalue weighted by Gasteiger charge is 2.16. The van der Waals surface area contributed by atoms with Crippen molar-refractivity contribution >= 4 is 34.9 Å². The smallest absolute Gasteiger partial charge is 0.240 e. The largest absolute Gasteiger partial charge is 0.368 e. The Morgan fingerprint density at radius 3 is 1.76 bits per heavy atom. The number of hydrogen-bond acceptors (Lipinski definition) is 5. The number of nitrogens with two attached hydrogens (primary N) is 1. The zero-order valence-electron chi connectivity index (χ0n) is 11.0. The Balaban J connectivity index is 2.17. The minimum absolute atomic E-state index is 0.0642. The lowest BCUT2D eigenvalue weighted by Crippen LogP contribution is -2.14. The van der Waals surface area contributed by atoms with Gasteiger partial charge in [0.1, 0.15) is 0 Å². The maximum absolute atomic E-state index is 5.90. The lowest BCUT2D eigenvalue weighted by atomic mass is 10.2. The predicted molar refractivity (Wildman–Crippen MR) is 83.9 cm³/mol. The molecule has 0 aliphatic heterocycles. The van der Waals surface area contributed by atoms with Crippen molar-refractivity contribution in [1.29, 1.82) is 0 Å². The number of para-hydroxylation sites is 2. The van der Waals surface area contributed by atoms with Gasteiger partial charge in [0.2, 0.25) is 17.2 Å². The maximum atomic E-state index is 5.90. The van der Waals surface area contributed by atoms with Crippen molar-refractivity contribution in [2.75, 3.05) is 10.6 Å². The molecule has 1 aromatic heterocycles. The Labute approximate surface area is 127 Å². The Bertz CT molecular complexity index is 674. The van der Waals surface area contributed by atoms with E-state index in [0.717, 1.165) is 11.4 Å². The van der Waals surface area contributed by atoms with Crippen LogP contribution in [0.1, 0.15) is 0 Å². The molecule has 0 amide bonds. The molecule has 6 heteroatoms. The zero-order valence-corrected chi connectivity index (χ0v) is 11.8. The molecule has 0 aliphatic rings. The van der Waals surface area contributed by atoms with E-state index in [2.05, 4.69) is 15.0 Å². The van der Waals surface area contributed by atoms with Crippen molar-refractivity contribution in [1.82, 2.24) is 15.0 Å². The lowest BCUT2D eigenvalue weighted by Gasteiger charge is -2.22. The van der Waals surface area contributed by atoms with E-state index in [9.17, 15) is 0 Å². The molecule has 0 spiro atoms. The molecule has 2 N–H and O–H groups in total. The van der Waals surface area contributed by atoms with Crippen LogP contribution in [0, 0.1) is 0 Å². The van der Waals surface area contributed by atoms with Crippen molar-refractivity contribution in [3.05, 3.63) is 65.9 Å².